The average Bonchev–Trinajstić information content (AvgIpc) is 2.42. The van der Waals surface area contributed by atoms with Crippen LogP contribution in [0.5, 0.6) is 0 Å². The minimum Gasteiger partial charge on any atom is -0.465 e. The van der Waals surface area contributed by atoms with Crippen molar-refractivity contribution in [1.82, 2.24) is 0 Å². The number of esters is 1. The number of rotatable bonds is 7. The van der Waals surface area contributed by atoms with Crippen molar-refractivity contribution >= 4 is 18.6 Å². The van der Waals surface area contributed by atoms with Crippen molar-refractivity contribution in [2.24, 2.45) is 11.3 Å². The predicted octanol–water partition coefficient (Wildman–Crippen LogP) is 1.52. The fourth-order valence-electron chi connectivity index (χ4n) is 1.85. The molecule has 0 aliphatic rings. The van der Waals surface area contributed by atoms with Crippen molar-refractivity contribution in [2.45, 2.75) is 40.5 Å². The third kappa shape index (κ3) is 5.90. The van der Waals surface area contributed by atoms with Gasteiger partial charge in [0.25, 0.3) is 0 Å². The number of carbonyl (C=O) groups excluding carboxylic acids is 1. The molecule has 0 heterocycles. The summed E-state index contributed by atoms with van der Waals surface area (Å²) < 4.78 is 5.30. The maximum absolute atomic E-state index is 12.0. The van der Waals surface area contributed by atoms with Gasteiger partial charge in [-0.25, -0.2) is 0 Å². The molecule has 0 saturated heterocycles. The molecule has 1 rings (SSSR count). The smallest absolute Gasteiger partial charge is 0.465 e. The first kappa shape index (κ1) is 17.7. The Balaban J connectivity index is 2.54. The SMILES string of the molecule is CC(C)COC(=O)C(C)(C)CCc1ccc(B(O)O)cc1. The number of aryl methyl sites for hydroxylation is 1. The van der Waals surface area contributed by atoms with E-state index in [-0.39, 0.29) is 5.97 Å². The standard InChI is InChI=1S/C16H25BO4/c1-12(2)11-21-15(18)16(3,4)10-9-13-5-7-14(8-6-13)17(19)20/h5-8,12,19-20H,9-11H2,1-4H3. The van der Waals surface area contributed by atoms with Crippen molar-refractivity contribution in [3.05, 3.63) is 29.8 Å². The van der Waals surface area contributed by atoms with E-state index in [4.69, 9.17) is 14.8 Å². The largest absolute Gasteiger partial charge is 0.488 e. The summed E-state index contributed by atoms with van der Waals surface area (Å²) in [6, 6.07) is 7.07. The van der Waals surface area contributed by atoms with Crippen LogP contribution in [0.3, 0.4) is 0 Å². The second-order valence-corrected chi connectivity index (χ2v) is 6.49. The quantitative estimate of drug-likeness (QED) is 0.591. The first-order chi connectivity index (χ1) is 9.72. The van der Waals surface area contributed by atoms with Crippen LogP contribution in [0.4, 0.5) is 0 Å². The molecule has 4 nitrogen and oxygen atoms in total. The van der Waals surface area contributed by atoms with E-state index in [1.807, 2.05) is 39.8 Å². The number of hydrogen-bond acceptors (Lipinski definition) is 4. The van der Waals surface area contributed by atoms with Crippen molar-refractivity contribution in [2.75, 3.05) is 6.61 Å². The highest BCUT2D eigenvalue weighted by atomic mass is 16.5. The van der Waals surface area contributed by atoms with Crippen LogP contribution >= 0.6 is 0 Å². The summed E-state index contributed by atoms with van der Waals surface area (Å²) in [7, 11) is -1.44. The molecule has 1 aromatic rings. The zero-order valence-electron chi connectivity index (χ0n) is 13.3. The summed E-state index contributed by atoms with van der Waals surface area (Å²) in [4.78, 5) is 12.0. The molecule has 0 aromatic heterocycles. The van der Waals surface area contributed by atoms with Gasteiger partial charge in [0.2, 0.25) is 0 Å². The number of ether oxygens (including phenoxy) is 1. The van der Waals surface area contributed by atoms with Crippen LogP contribution in [0, 0.1) is 11.3 Å². The van der Waals surface area contributed by atoms with Crippen LogP contribution in [0.15, 0.2) is 24.3 Å². The Bertz CT molecular complexity index is 452. The summed E-state index contributed by atoms with van der Waals surface area (Å²) in [5.74, 6) is 0.167. The molecule has 5 heteroatoms. The highest BCUT2D eigenvalue weighted by molar-refractivity contribution is 6.58. The van der Waals surface area contributed by atoms with Crippen LogP contribution in [0.2, 0.25) is 0 Å². The Morgan fingerprint density at radius 2 is 1.81 bits per heavy atom. The summed E-state index contributed by atoms with van der Waals surface area (Å²) in [6.07, 6.45) is 1.43. The van der Waals surface area contributed by atoms with Crippen LogP contribution in [-0.2, 0) is 16.0 Å². The van der Waals surface area contributed by atoms with Crippen molar-refractivity contribution in [3.63, 3.8) is 0 Å². The minimum atomic E-state index is -1.44. The highest BCUT2D eigenvalue weighted by Gasteiger charge is 2.29. The van der Waals surface area contributed by atoms with Gasteiger partial charge in [0.05, 0.1) is 12.0 Å². The van der Waals surface area contributed by atoms with Gasteiger partial charge < -0.3 is 14.8 Å². The number of hydrogen-bond donors (Lipinski definition) is 2. The second kappa shape index (κ2) is 7.62. The number of carbonyl (C=O) groups is 1. The lowest BCUT2D eigenvalue weighted by Gasteiger charge is -2.23. The summed E-state index contributed by atoms with van der Waals surface area (Å²) in [5.41, 5.74) is 1.00. The zero-order valence-corrected chi connectivity index (χ0v) is 13.3. The molecular formula is C16H25BO4. The maximum atomic E-state index is 12.0. The average molecular weight is 292 g/mol. The van der Waals surface area contributed by atoms with Crippen LogP contribution in [0.25, 0.3) is 0 Å². The molecule has 116 valence electrons. The van der Waals surface area contributed by atoms with Gasteiger partial charge >= 0.3 is 13.1 Å². The maximum Gasteiger partial charge on any atom is 0.488 e. The second-order valence-electron chi connectivity index (χ2n) is 6.49. The van der Waals surface area contributed by atoms with Gasteiger partial charge in [-0.15, -0.1) is 0 Å². The molecule has 0 saturated carbocycles. The first-order valence-electron chi connectivity index (χ1n) is 7.34. The van der Waals surface area contributed by atoms with Crippen LogP contribution < -0.4 is 5.46 Å². The Kier molecular flexibility index (Phi) is 6.43. The van der Waals surface area contributed by atoms with E-state index in [9.17, 15) is 4.79 Å². The third-order valence-electron chi connectivity index (χ3n) is 3.42. The fraction of sp³-hybridized carbons (Fsp3) is 0.562. The van der Waals surface area contributed by atoms with E-state index in [1.165, 1.54) is 0 Å². The molecule has 0 amide bonds. The third-order valence-corrected chi connectivity index (χ3v) is 3.42. The molecule has 2 N–H and O–H groups in total. The summed E-state index contributed by atoms with van der Waals surface area (Å²) in [5, 5.41) is 18.1. The van der Waals surface area contributed by atoms with Gasteiger partial charge in [0.1, 0.15) is 0 Å². The van der Waals surface area contributed by atoms with E-state index in [0.717, 1.165) is 12.0 Å². The topological polar surface area (TPSA) is 66.8 Å². The molecule has 0 unspecified atom stereocenters. The lowest BCUT2D eigenvalue weighted by molar-refractivity contribution is -0.155. The molecular weight excluding hydrogens is 267 g/mol. The van der Waals surface area contributed by atoms with Crippen LogP contribution in [0.1, 0.15) is 39.7 Å². The molecule has 0 spiro atoms. The van der Waals surface area contributed by atoms with Gasteiger partial charge in [-0.2, -0.15) is 0 Å². The summed E-state index contributed by atoms with van der Waals surface area (Å²) >= 11 is 0. The van der Waals surface area contributed by atoms with Gasteiger partial charge in [-0.3, -0.25) is 4.79 Å². The molecule has 1 aromatic carbocycles. The van der Waals surface area contributed by atoms with E-state index in [0.29, 0.717) is 24.4 Å². The van der Waals surface area contributed by atoms with Gasteiger partial charge in [0, 0.05) is 0 Å². The van der Waals surface area contributed by atoms with Crippen molar-refractivity contribution < 1.29 is 19.6 Å². The summed E-state index contributed by atoms with van der Waals surface area (Å²) in [6.45, 7) is 8.25. The van der Waals surface area contributed by atoms with E-state index in [2.05, 4.69) is 0 Å². The normalized spacial score (nSPS) is 11.6. The Hall–Kier alpha value is -1.33. The van der Waals surface area contributed by atoms with Gasteiger partial charge in [0.15, 0.2) is 0 Å². The molecule has 0 fully saturated rings. The Morgan fingerprint density at radius 3 is 2.29 bits per heavy atom. The highest BCUT2D eigenvalue weighted by Crippen LogP contribution is 2.25. The van der Waals surface area contributed by atoms with Crippen LogP contribution in [-0.4, -0.2) is 29.7 Å². The monoisotopic (exact) mass is 292 g/mol. The Labute approximate surface area is 127 Å². The van der Waals surface area contributed by atoms with Gasteiger partial charge in [-0.05, 0) is 43.6 Å². The molecule has 0 bridgehead atoms. The first-order valence-corrected chi connectivity index (χ1v) is 7.34. The molecule has 0 aliphatic heterocycles. The molecule has 0 radical (unpaired) electrons. The van der Waals surface area contributed by atoms with Crippen molar-refractivity contribution in [1.29, 1.82) is 0 Å². The fourth-order valence-corrected chi connectivity index (χ4v) is 1.85. The molecule has 0 atom stereocenters. The van der Waals surface area contributed by atoms with E-state index >= 15 is 0 Å². The predicted molar refractivity (Wildman–Crippen MR) is 84.2 cm³/mol. The van der Waals surface area contributed by atoms with Crippen molar-refractivity contribution in [3.8, 4) is 0 Å². The Morgan fingerprint density at radius 1 is 1.24 bits per heavy atom. The van der Waals surface area contributed by atoms with E-state index < -0.39 is 12.5 Å². The van der Waals surface area contributed by atoms with E-state index in [1.54, 1.807) is 12.1 Å². The number of benzene rings is 1. The molecule has 21 heavy (non-hydrogen) atoms. The molecule has 0 aliphatic carbocycles. The zero-order chi connectivity index (χ0) is 16.0. The lowest BCUT2D eigenvalue weighted by Crippen LogP contribution is -2.30. The van der Waals surface area contributed by atoms with Gasteiger partial charge in [-0.1, -0.05) is 38.1 Å². The minimum absolute atomic E-state index is 0.168. The lowest BCUT2D eigenvalue weighted by atomic mass is 9.79.